The fourth-order valence-electron chi connectivity index (χ4n) is 3.25. The maximum atomic E-state index is 12.8. The SMILES string of the molecule is CN(C)c1cccc(C(=O)N2CCN(c3nc(-c4ccccc4)no3)CC2)c1. The summed E-state index contributed by atoms with van der Waals surface area (Å²) in [5, 5.41) is 4.08. The van der Waals surface area contributed by atoms with Gasteiger partial charge in [-0.3, -0.25) is 4.79 Å². The highest BCUT2D eigenvalue weighted by atomic mass is 16.5. The van der Waals surface area contributed by atoms with Crippen molar-refractivity contribution < 1.29 is 9.32 Å². The molecule has 0 saturated carbocycles. The van der Waals surface area contributed by atoms with Gasteiger partial charge < -0.3 is 19.2 Å². The minimum absolute atomic E-state index is 0.0545. The van der Waals surface area contributed by atoms with Gasteiger partial charge in [0.25, 0.3) is 5.91 Å². The van der Waals surface area contributed by atoms with Gasteiger partial charge in [-0.25, -0.2) is 0 Å². The van der Waals surface area contributed by atoms with Gasteiger partial charge in [-0.1, -0.05) is 41.6 Å². The van der Waals surface area contributed by atoms with Gasteiger partial charge in [0, 0.05) is 57.1 Å². The lowest BCUT2D eigenvalue weighted by molar-refractivity contribution is 0.0744. The summed E-state index contributed by atoms with van der Waals surface area (Å²) in [4.78, 5) is 23.2. The smallest absolute Gasteiger partial charge is 0.324 e. The number of benzene rings is 2. The van der Waals surface area contributed by atoms with Crippen molar-refractivity contribution in [2.45, 2.75) is 0 Å². The molecule has 0 radical (unpaired) electrons. The molecule has 0 bridgehead atoms. The zero-order valence-corrected chi connectivity index (χ0v) is 16.1. The average molecular weight is 377 g/mol. The Bertz CT molecular complexity index is 946. The number of amides is 1. The van der Waals surface area contributed by atoms with Crippen LogP contribution in [0.1, 0.15) is 10.4 Å². The Morgan fingerprint density at radius 3 is 2.46 bits per heavy atom. The van der Waals surface area contributed by atoms with Gasteiger partial charge in [-0.15, -0.1) is 0 Å². The quantitative estimate of drug-likeness (QED) is 0.697. The summed E-state index contributed by atoms with van der Waals surface area (Å²) in [5.74, 6) is 0.633. The Morgan fingerprint density at radius 1 is 1.00 bits per heavy atom. The first-order valence-corrected chi connectivity index (χ1v) is 9.32. The number of carbonyl (C=O) groups is 1. The van der Waals surface area contributed by atoms with Crippen LogP contribution in [0.2, 0.25) is 0 Å². The number of anilines is 2. The summed E-state index contributed by atoms with van der Waals surface area (Å²) in [7, 11) is 3.94. The van der Waals surface area contributed by atoms with Crippen LogP contribution in [0.4, 0.5) is 11.7 Å². The summed E-state index contributed by atoms with van der Waals surface area (Å²) < 4.78 is 5.44. The van der Waals surface area contributed by atoms with E-state index in [1.54, 1.807) is 0 Å². The molecule has 2 heterocycles. The summed E-state index contributed by atoms with van der Waals surface area (Å²) in [6.45, 7) is 2.56. The third-order valence-electron chi connectivity index (χ3n) is 4.89. The Morgan fingerprint density at radius 2 is 1.75 bits per heavy atom. The molecule has 28 heavy (non-hydrogen) atoms. The number of carbonyl (C=O) groups excluding carboxylic acids is 1. The van der Waals surface area contributed by atoms with Crippen LogP contribution in [0.15, 0.2) is 59.1 Å². The van der Waals surface area contributed by atoms with Crippen LogP contribution < -0.4 is 9.80 Å². The predicted molar refractivity (Wildman–Crippen MR) is 109 cm³/mol. The second-order valence-corrected chi connectivity index (χ2v) is 6.99. The van der Waals surface area contributed by atoms with E-state index in [0.717, 1.165) is 11.3 Å². The summed E-state index contributed by atoms with van der Waals surface area (Å²) in [6, 6.07) is 18.0. The molecule has 1 fully saturated rings. The molecule has 0 spiro atoms. The van der Waals surface area contributed by atoms with E-state index in [1.807, 2.05) is 83.4 Å². The first kappa shape index (κ1) is 18.0. The molecule has 2 aromatic carbocycles. The largest absolute Gasteiger partial charge is 0.378 e. The standard InChI is InChI=1S/C21H23N5O2/c1-24(2)18-10-6-9-17(15-18)20(27)25-11-13-26(14-12-25)21-22-19(23-28-21)16-7-4-3-5-8-16/h3-10,15H,11-14H2,1-2H3. The van der Waals surface area contributed by atoms with E-state index in [4.69, 9.17) is 4.52 Å². The monoisotopic (exact) mass is 377 g/mol. The number of aromatic nitrogens is 2. The zero-order valence-electron chi connectivity index (χ0n) is 16.1. The van der Waals surface area contributed by atoms with Gasteiger partial charge in [0.05, 0.1) is 0 Å². The van der Waals surface area contributed by atoms with Crippen molar-refractivity contribution >= 4 is 17.6 Å². The fraction of sp³-hybridized carbons (Fsp3) is 0.286. The Balaban J connectivity index is 1.40. The van der Waals surface area contributed by atoms with E-state index < -0.39 is 0 Å². The van der Waals surface area contributed by atoms with E-state index in [2.05, 4.69) is 10.1 Å². The molecule has 0 atom stereocenters. The Labute approximate surface area is 164 Å². The molecule has 1 aromatic heterocycles. The molecule has 1 amide bonds. The molecule has 7 nitrogen and oxygen atoms in total. The Hall–Kier alpha value is -3.35. The molecule has 4 rings (SSSR count). The van der Waals surface area contributed by atoms with Crippen molar-refractivity contribution in [1.29, 1.82) is 0 Å². The highest BCUT2D eigenvalue weighted by molar-refractivity contribution is 5.95. The minimum atomic E-state index is 0.0545. The van der Waals surface area contributed by atoms with Gasteiger partial charge in [0.2, 0.25) is 5.82 Å². The summed E-state index contributed by atoms with van der Waals surface area (Å²) >= 11 is 0. The third kappa shape index (κ3) is 3.69. The number of rotatable bonds is 4. The maximum absolute atomic E-state index is 12.8. The highest BCUT2D eigenvalue weighted by Gasteiger charge is 2.25. The number of hydrogen-bond donors (Lipinski definition) is 0. The van der Waals surface area contributed by atoms with Crippen molar-refractivity contribution in [1.82, 2.24) is 15.0 Å². The number of nitrogens with zero attached hydrogens (tertiary/aromatic N) is 5. The second-order valence-electron chi connectivity index (χ2n) is 6.99. The molecule has 1 saturated heterocycles. The second kappa shape index (κ2) is 7.72. The first-order valence-electron chi connectivity index (χ1n) is 9.32. The maximum Gasteiger partial charge on any atom is 0.324 e. The van der Waals surface area contributed by atoms with E-state index in [-0.39, 0.29) is 5.91 Å². The molecule has 144 valence electrons. The molecular formula is C21H23N5O2. The molecule has 0 aliphatic carbocycles. The van der Waals surface area contributed by atoms with Crippen molar-refractivity contribution in [3.05, 3.63) is 60.2 Å². The highest BCUT2D eigenvalue weighted by Crippen LogP contribution is 2.21. The van der Waals surface area contributed by atoms with Gasteiger partial charge in [-0.05, 0) is 18.2 Å². The number of hydrogen-bond acceptors (Lipinski definition) is 6. The van der Waals surface area contributed by atoms with Gasteiger partial charge in [-0.2, -0.15) is 4.98 Å². The minimum Gasteiger partial charge on any atom is -0.378 e. The van der Waals surface area contributed by atoms with Crippen molar-refractivity contribution in [3.63, 3.8) is 0 Å². The van der Waals surface area contributed by atoms with Crippen LogP contribution in [0.5, 0.6) is 0 Å². The summed E-state index contributed by atoms with van der Waals surface area (Å²) in [5.41, 5.74) is 2.65. The van der Waals surface area contributed by atoms with Crippen LogP contribution in [-0.4, -0.2) is 61.2 Å². The normalized spacial score (nSPS) is 14.2. The van der Waals surface area contributed by atoms with E-state index in [1.165, 1.54) is 0 Å². The molecule has 0 unspecified atom stereocenters. The fourth-order valence-corrected chi connectivity index (χ4v) is 3.25. The van der Waals surface area contributed by atoms with Crippen LogP contribution in [-0.2, 0) is 0 Å². The van der Waals surface area contributed by atoms with E-state index >= 15 is 0 Å². The lowest BCUT2D eigenvalue weighted by atomic mass is 10.1. The van der Waals surface area contributed by atoms with Crippen LogP contribution in [0.3, 0.4) is 0 Å². The molecule has 7 heteroatoms. The van der Waals surface area contributed by atoms with Crippen LogP contribution in [0, 0.1) is 0 Å². The van der Waals surface area contributed by atoms with Crippen molar-refractivity contribution in [2.75, 3.05) is 50.1 Å². The summed E-state index contributed by atoms with van der Waals surface area (Å²) in [6.07, 6.45) is 0. The molecular weight excluding hydrogens is 354 g/mol. The predicted octanol–water partition coefficient (Wildman–Crippen LogP) is 2.77. The Kier molecular flexibility index (Phi) is 4.97. The lowest BCUT2D eigenvalue weighted by Crippen LogP contribution is -2.49. The molecule has 1 aliphatic heterocycles. The molecule has 1 aliphatic rings. The molecule has 3 aromatic rings. The van der Waals surface area contributed by atoms with Crippen molar-refractivity contribution in [3.8, 4) is 11.4 Å². The third-order valence-corrected chi connectivity index (χ3v) is 4.89. The van der Waals surface area contributed by atoms with Crippen LogP contribution in [0.25, 0.3) is 11.4 Å². The van der Waals surface area contributed by atoms with Crippen LogP contribution >= 0.6 is 0 Å². The first-order chi connectivity index (χ1) is 13.6. The zero-order chi connectivity index (χ0) is 19.5. The van der Waals surface area contributed by atoms with E-state index in [0.29, 0.717) is 43.6 Å². The van der Waals surface area contributed by atoms with Gasteiger partial charge in [0.1, 0.15) is 0 Å². The lowest BCUT2D eigenvalue weighted by Gasteiger charge is -2.33. The van der Waals surface area contributed by atoms with E-state index in [9.17, 15) is 4.79 Å². The van der Waals surface area contributed by atoms with Gasteiger partial charge in [0.15, 0.2) is 0 Å². The van der Waals surface area contributed by atoms with Gasteiger partial charge >= 0.3 is 6.01 Å². The number of piperazine rings is 1. The molecule has 0 N–H and O–H groups in total. The topological polar surface area (TPSA) is 65.7 Å². The average Bonchev–Trinajstić information content (AvgIpc) is 3.24. The van der Waals surface area contributed by atoms with Crippen molar-refractivity contribution in [2.24, 2.45) is 0 Å².